The third-order valence-electron chi connectivity index (χ3n) is 12.6. The number of nitrogens with one attached hydrogen (secondary N) is 2. The smallest absolute Gasteiger partial charge is 0.255 e. The number of rotatable bonds is 5. The third-order valence-corrected chi connectivity index (χ3v) is 12.6. The van der Waals surface area contributed by atoms with Crippen molar-refractivity contribution in [3.63, 3.8) is 0 Å². The van der Waals surface area contributed by atoms with E-state index in [4.69, 9.17) is 10.7 Å². The normalized spacial score (nSPS) is 38.3. The van der Waals surface area contributed by atoms with Gasteiger partial charge in [0.05, 0.1) is 35.0 Å². The van der Waals surface area contributed by atoms with Crippen molar-refractivity contribution in [2.24, 2.45) is 41.2 Å². The summed E-state index contributed by atoms with van der Waals surface area (Å²) in [7, 11) is 3.00. The summed E-state index contributed by atoms with van der Waals surface area (Å²) in [6.45, 7) is 1.70. The molecule has 0 aliphatic heterocycles. The molecule has 1 heterocycles. The summed E-state index contributed by atoms with van der Waals surface area (Å²) in [6.07, 6.45) is 6.62. The van der Waals surface area contributed by atoms with Crippen LogP contribution >= 0.6 is 0 Å². The van der Waals surface area contributed by atoms with Crippen LogP contribution in [0.5, 0.6) is 5.75 Å². The Morgan fingerprint density at radius 3 is 2.29 bits per heavy atom. The summed E-state index contributed by atoms with van der Waals surface area (Å²) in [5, 5.41) is 61.0. The number of aliphatic hydroxyl groups is 4. The fourth-order valence-corrected chi connectivity index (χ4v) is 10.8. The van der Waals surface area contributed by atoms with E-state index in [-0.39, 0.29) is 11.3 Å². The SMILES string of the molecule is C[C@H]1c2ccc(Nc3nc(C4C5CC6CC(C5)CC4C6)c[nH]3)c(O)c2C(=O)C2=C(O)[C@]3(O)C(=O)C(C(N)=O)=C(O)[C@@H](N(C)C)[C@@H]3[C@@H](O)[C@@H]21. The summed E-state index contributed by atoms with van der Waals surface area (Å²) in [5.41, 5.74) is 2.47. The molecule has 9 N–H and O–H groups in total. The number of benzene rings is 1. The number of carbonyl (C=O) groups is 3. The van der Waals surface area contributed by atoms with E-state index in [1.165, 1.54) is 51.1 Å². The molecule has 0 spiro atoms. The number of phenolic OH excluding ortho intramolecular Hbond substituents is 1. The van der Waals surface area contributed by atoms with Crippen molar-refractivity contribution < 1.29 is 39.9 Å². The topological polar surface area (TPSA) is 222 Å². The van der Waals surface area contributed by atoms with Crippen LogP contribution in [0.3, 0.4) is 0 Å². The first-order valence-corrected chi connectivity index (χ1v) is 16.7. The van der Waals surface area contributed by atoms with E-state index in [1.807, 2.05) is 6.20 Å². The number of aliphatic hydroxyl groups excluding tert-OH is 3. The zero-order valence-corrected chi connectivity index (χ0v) is 27.0. The first kappa shape index (κ1) is 31.1. The van der Waals surface area contributed by atoms with Crippen molar-refractivity contribution >= 4 is 29.1 Å². The molecule has 0 unspecified atom stereocenters. The van der Waals surface area contributed by atoms with Crippen molar-refractivity contribution in [3.05, 3.63) is 57.8 Å². The number of primary amides is 1. The second-order valence-electron chi connectivity index (χ2n) is 15.2. The van der Waals surface area contributed by atoms with Crippen LogP contribution in [0.4, 0.5) is 11.6 Å². The summed E-state index contributed by atoms with van der Waals surface area (Å²) in [6, 6.07) is 1.96. The maximum atomic E-state index is 14.2. The number of Topliss-reactive ketones (excluding diaryl/α,β-unsaturated/α-hetero) is 2. The molecule has 1 amide bonds. The van der Waals surface area contributed by atoms with E-state index in [0.717, 1.165) is 17.5 Å². The number of nitrogens with two attached hydrogens (primary N) is 1. The number of fused-ring (bicyclic) bond motifs is 3. The monoisotopic (exact) mass is 659 g/mol. The number of carbonyl (C=O) groups excluding carboxylic acids is 3. The number of nitrogens with zero attached hydrogens (tertiary/aromatic N) is 2. The largest absolute Gasteiger partial charge is 0.510 e. The van der Waals surface area contributed by atoms with Gasteiger partial charge in [0.1, 0.15) is 17.1 Å². The van der Waals surface area contributed by atoms with E-state index in [2.05, 4.69) is 10.3 Å². The Balaban J connectivity index is 1.16. The number of aromatic amines is 1. The molecule has 6 atom stereocenters. The molecule has 7 aliphatic carbocycles. The van der Waals surface area contributed by atoms with Crippen LogP contribution in [-0.4, -0.2) is 89.7 Å². The molecule has 4 fully saturated rings. The van der Waals surface area contributed by atoms with Crippen molar-refractivity contribution in [1.82, 2.24) is 14.9 Å². The predicted molar refractivity (Wildman–Crippen MR) is 171 cm³/mol. The molecule has 0 saturated heterocycles. The zero-order chi connectivity index (χ0) is 34.1. The molecule has 1 aromatic heterocycles. The number of H-pyrrole nitrogens is 1. The molecule has 4 saturated carbocycles. The molecule has 9 rings (SSSR count). The van der Waals surface area contributed by atoms with Gasteiger partial charge in [-0.2, -0.15) is 0 Å². The molecule has 13 nitrogen and oxygen atoms in total. The maximum Gasteiger partial charge on any atom is 0.255 e. The van der Waals surface area contributed by atoms with Gasteiger partial charge in [-0.3, -0.25) is 19.3 Å². The summed E-state index contributed by atoms with van der Waals surface area (Å²) in [5.74, 6) is -5.51. The minimum atomic E-state index is -2.96. The van der Waals surface area contributed by atoms with Crippen LogP contribution in [0.25, 0.3) is 0 Å². The number of imidazole rings is 1. The van der Waals surface area contributed by atoms with Crippen molar-refractivity contribution in [2.75, 3.05) is 19.4 Å². The van der Waals surface area contributed by atoms with E-state index in [9.17, 15) is 39.9 Å². The molecule has 13 heteroatoms. The quantitative estimate of drug-likeness (QED) is 0.172. The van der Waals surface area contributed by atoms with Crippen LogP contribution in [0.2, 0.25) is 0 Å². The van der Waals surface area contributed by atoms with E-state index < -0.39 is 81.4 Å². The number of hydrogen-bond acceptors (Lipinski definition) is 11. The molecule has 0 radical (unpaired) electrons. The average molecular weight is 660 g/mol. The number of anilines is 2. The van der Waals surface area contributed by atoms with Crippen molar-refractivity contribution in [3.8, 4) is 5.75 Å². The van der Waals surface area contributed by atoms with Gasteiger partial charge in [0, 0.05) is 23.6 Å². The molecule has 1 aromatic carbocycles. The Morgan fingerprint density at radius 2 is 1.69 bits per heavy atom. The highest BCUT2D eigenvalue weighted by molar-refractivity contribution is 6.25. The van der Waals surface area contributed by atoms with Crippen molar-refractivity contribution in [2.45, 2.75) is 68.6 Å². The Labute approximate surface area is 276 Å². The standard InChI is InChI=1S/C35H41N5O8/c1-12-17-4-5-18(38-34-37-11-19(39-34)21-15-7-13-6-14(9-15)10-16(21)8-13)27(41)22(17)28(42)23-20(12)29(43)25-26(40(2)3)30(44)24(33(36)47)32(46)35(25,48)31(23)45/h4-5,11-16,20-21,25-26,29,41,43-45,48H,6-10H2,1-3H3,(H2,36,47)(H2,37,38,39)/t12-,13?,14?,15?,16?,20+,21?,25+,26-,29-,35-/m0/s1. The van der Waals surface area contributed by atoms with Gasteiger partial charge in [0.15, 0.2) is 17.1 Å². The minimum Gasteiger partial charge on any atom is -0.510 e. The van der Waals surface area contributed by atoms with Gasteiger partial charge in [0.25, 0.3) is 5.91 Å². The van der Waals surface area contributed by atoms with E-state index in [0.29, 0.717) is 29.3 Å². The highest BCUT2D eigenvalue weighted by atomic mass is 16.4. The second-order valence-corrected chi connectivity index (χ2v) is 15.2. The third kappa shape index (κ3) is 4.01. The summed E-state index contributed by atoms with van der Waals surface area (Å²) >= 11 is 0. The Morgan fingerprint density at radius 1 is 1.04 bits per heavy atom. The van der Waals surface area contributed by atoms with E-state index in [1.54, 1.807) is 19.1 Å². The van der Waals surface area contributed by atoms with Crippen molar-refractivity contribution in [1.29, 1.82) is 0 Å². The number of likely N-dealkylation sites (N-methyl/N-ethyl adjacent to an activating group) is 1. The molecule has 4 bridgehead atoms. The van der Waals surface area contributed by atoms with Gasteiger partial charge in [-0.05, 0) is 87.4 Å². The fraction of sp³-hybridized carbons (Fsp3) is 0.543. The van der Waals surface area contributed by atoms with Gasteiger partial charge in [-0.15, -0.1) is 0 Å². The summed E-state index contributed by atoms with van der Waals surface area (Å²) < 4.78 is 0. The molecule has 2 aromatic rings. The number of phenols is 1. The Kier molecular flexibility index (Phi) is 6.74. The zero-order valence-electron chi connectivity index (χ0n) is 27.0. The predicted octanol–water partition coefficient (Wildman–Crippen LogP) is 2.66. The van der Waals surface area contributed by atoms with Gasteiger partial charge in [-0.1, -0.05) is 13.0 Å². The van der Waals surface area contributed by atoms with Gasteiger partial charge in [-0.25, -0.2) is 4.98 Å². The lowest BCUT2D eigenvalue weighted by Crippen LogP contribution is -2.68. The van der Waals surface area contributed by atoms with Crippen LogP contribution in [0.15, 0.2) is 41.0 Å². The Bertz CT molecular complexity index is 1820. The van der Waals surface area contributed by atoms with E-state index >= 15 is 0 Å². The van der Waals surface area contributed by atoms with Gasteiger partial charge >= 0.3 is 0 Å². The Hall–Kier alpha value is -4.20. The lowest BCUT2D eigenvalue weighted by atomic mass is 9.51. The first-order chi connectivity index (χ1) is 22.7. The van der Waals surface area contributed by atoms with Gasteiger partial charge in [0.2, 0.25) is 11.7 Å². The van der Waals surface area contributed by atoms with Crippen LogP contribution in [0.1, 0.15) is 72.5 Å². The lowest BCUT2D eigenvalue weighted by Gasteiger charge is -2.54. The number of hydrogen-bond donors (Lipinski definition) is 8. The van der Waals surface area contributed by atoms with Crippen LogP contribution in [-0.2, 0) is 9.59 Å². The number of aromatic hydroxyl groups is 1. The maximum absolute atomic E-state index is 14.2. The number of aromatic nitrogens is 2. The number of ketones is 2. The highest BCUT2D eigenvalue weighted by Crippen LogP contribution is 2.60. The highest BCUT2D eigenvalue weighted by Gasteiger charge is 2.67. The summed E-state index contributed by atoms with van der Waals surface area (Å²) in [4.78, 5) is 49.5. The first-order valence-electron chi connectivity index (χ1n) is 16.7. The average Bonchev–Trinajstić information content (AvgIpc) is 3.47. The molecule has 7 aliphatic rings. The van der Waals surface area contributed by atoms with Crippen LogP contribution in [0, 0.1) is 35.5 Å². The number of amides is 1. The molecule has 254 valence electrons. The molecular formula is C35H41N5O8. The molecular weight excluding hydrogens is 618 g/mol. The lowest BCUT2D eigenvalue weighted by molar-refractivity contribution is -0.162. The van der Waals surface area contributed by atoms with Gasteiger partial charge < -0.3 is 41.6 Å². The van der Waals surface area contributed by atoms with Crippen LogP contribution < -0.4 is 11.1 Å². The molecule has 48 heavy (non-hydrogen) atoms. The second kappa shape index (κ2) is 10.4. The fourth-order valence-electron chi connectivity index (χ4n) is 10.8. The minimum absolute atomic E-state index is 0.159.